The van der Waals surface area contributed by atoms with Crippen molar-refractivity contribution in [3.05, 3.63) is 54.0 Å². The summed E-state index contributed by atoms with van der Waals surface area (Å²) in [5.74, 6) is -2.02. The minimum Gasteiger partial charge on any atom is -0.545 e. The Hall–Kier alpha value is -2.00. The Kier molecular flexibility index (Phi) is 6.71. The number of carboxylic acid groups (broad SMARTS) is 1. The summed E-state index contributed by atoms with van der Waals surface area (Å²) >= 11 is 22.7. The van der Waals surface area contributed by atoms with Gasteiger partial charge in [0.25, 0.3) is 5.91 Å². The molecule has 0 saturated carbocycles. The smallest absolute Gasteiger partial charge is 0.288 e. The van der Waals surface area contributed by atoms with Gasteiger partial charge in [-0.2, -0.15) is 0 Å². The number of carboxylic acids is 1. The van der Waals surface area contributed by atoms with Gasteiger partial charge < -0.3 is 30.3 Å². The zero-order valence-electron chi connectivity index (χ0n) is 12.8. The Balaban J connectivity index is 2.10. The summed E-state index contributed by atoms with van der Waals surface area (Å²) in [6, 6.07) is 8.90. The van der Waals surface area contributed by atoms with Gasteiger partial charge in [0, 0.05) is 11.3 Å². The van der Waals surface area contributed by atoms with E-state index in [9.17, 15) is 14.7 Å². The maximum Gasteiger partial charge on any atom is 0.288 e. The molecule has 3 N–H and O–H groups in total. The van der Waals surface area contributed by atoms with Crippen LogP contribution in [0.25, 0.3) is 0 Å². The normalized spacial score (nSPS) is 12.1. The highest BCUT2D eigenvalue weighted by Gasteiger charge is 2.35. The van der Waals surface area contributed by atoms with Crippen molar-refractivity contribution in [2.75, 3.05) is 5.32 Å². The van der Waals surface area contributed by atoms with Crippen molar-refractivity contribution >= 4 is 69.7 Å². The SMILES string of the molecule is O=C(N[C@@H](NC(=S)Nc1ccccc1C(=O)[O-])C(Cl)(Cl)Cl)c1ccco1. The van der Waals surface area contributed by atoms with Crippen molar-refractivity contribution in [2.45, 2.75) is 9.96 Å². The summed E-state index contributed by atoms with van der Waals surface area (Å²) in [4.78, 5) is 23.2. The number of rotatable bonds is 5. The number of hydrogen-bond acceptors (Lipinski definition) is 5. The lowest BCUT2D eigenvalue weighted by atomic mass is 10.2. The zero-order valence-corrected chi connectivity index (χ0v) is 15.9. The number of furan rings is 1. The highest BCUT2D eigenvalue weighted by molar-refractivity contribution is 7.80. The van der Waals surface area contributed by atoms with Crippen LogP contribution in [-0.4, -0.2) is 26.9 Å². The fraction of sp³-hybridized carbons (Fsp3) is 0.133. The van der Waals surface area contributed by atoms with Gasteiger partial charge in [-0.1, -0.05) is 53.0 Å². The lowest BCUT2D eigenvalue weighted by Gasteiger charge is -2.27. The van der Waals surface area contributed by atoms with Crippen LogP contribution in [-0.2, 0) is 0 Å². The standard InChI is InChI=1S/C15H12Cl3N3O4S/c16-15(17,18)13(20-11(22)10-6-3-7-25-10)21-14(26)19-9-5-2-1-4-8(9)12(23)24/h1-7,13H,(H,20,22)(H,23,24)(H2,19,21,26)/p-1/t13-/m0/s1. The molecule has 0 fully saturated rings. The third-order valence-electron chi connectivity index (χ3n) is 3.02. The Morgan fingerprint density at radius 2 is 1.81 bits per heavy atom. The molecule has 2 aromatic rings. The number of nitrogens with one attached hydrogen (secondary N) is 3. The highest BCUT2D eigenvalue weighted by Crippen LogP contribution is 2.29. The number of para-hydroxylation sites is 1. The number of anilines is 1. The third-order valence-corrected chi connectivity index (χ3v) is 3.89. The second-order valence-corrected chi connectivity index (χ2v) is 7.63. The van der Waals surface area contributed by atoms with Crippen molar-refractivity contribution in [1.82, 2.24) is 10.6 Å². The van der Waals surface area contributed by atoms with E-state index in [1.54, 1.807) is 6.07 Å². The number of carbonyl (C=O) groups excluding carboxylic acids is 2. The lowest BCUT2D eigenvalue weighted by Crippen LogP contribution is -2.56. The number of hydrogen-bond donors (Lipinski definition) is 3. The van der Waals surface area contributed by atoms with Crippen LogP contribution in [0.2, 0.25) is 0 Å². The van der Waals surface area contributed by atoms with Gasteiger partial charge in [-0.05, 0) is 30.4 Å². The molecule has 2 rings (SSSR count). The van der Waals surface area contributed by atoms with Crippen molar-refractivity contribution < 1.29 is 19.1 Å². The Morgan fingerprint density at radius 1 is 1.12 bits per heavy atom. The van der Waals surface area contributed by atoms with Crippen LogP contribution in [0.4, 0.5) is 5.69 Å². The van der Waals surface area contributed by atoms with E-state index in [1.807, 2.05) is 0 Å². The van der Waals surface area contributed by atoms with E-state index in [0.717, 1.165) is 0 Å². The number of benzene rings is 1. The first-order chi connectivity index (χ1) is 12.2. The molecule has 0 aliphatic rings. The molecule has 1 heterocycles. The molecule has 7 nitrogen and oxygen atoms in total. The molecular weight excluding hydrogens is 425 g/mol. The van der Waals surface area contributed by atoms with E-state index >= 15 is 0 Å². The van der Waals surface area contributed by atoms with E-state index in [0.29, 0.717) is 0 Å². The number of aromatic carboxylic acids is 1. The average molecular weight is 436 g/mol. The average Bonchev–Trinajstić information content (AvgIpc) is 3.08. The Labute approximate surface area is 168 Å². The van der Waals surface area contributed by atoms with Gasteiger partial charge in [-0.15, -0.1) is 0 Å². The summed E-state index contributed by atoms with van der Waals surface area (Å²) in [6.07, 6.45) is 0.0793. The molecule has 138 valence electrons. The van der Waals surface area contributed by atoms with Crippen molar-refractivity contribution in [3.8, 4) is 0 Å². The van der Waals surface area contributed by atoms with Gasteiger partial charge in [0.05, 0.1) is 12.2 Å². The van der Waals surface area contributed by atoms with Gasteiger partial charge in [-0.25, -0.2) is 0 Å². The molecule has 0 unspecified atom stereocenters. The molecule has 0 spiro atoms. The number of amides is 1. The van der Waals surface area contributed by atoms with Gasteiger partial charge in [0.1, 0.15) is 6.17 Å². The molecule has 0 radical (unpaired) electrons. The molecule has 1 aromatic heterocycles. The first kappa shape index (κ1) is 20.3. The molecule has 1 amide bonds. The topological polar surface area (TPSA) is 106 Å². The molecule has 0 aliphatic carbocycles. The van der Waals surface area contributed by atoms with Crippen LogP contribution >= 0.6 is 47.0 Å². The summed E-state index contributed by atoms with van der Waals surface area (Å²) in [7, 11) is 0. The van der Waals surface area contributed by atoms with E-state index in [-0.39, 0.29) is 22.1 Å². The monoisotopic (exact) mass is 434 g/mol. The Bertz CT molecular complexity index is 809. The van der Waals surface area contributed by atoms with Crippen LogP contribution in [0.5, 0.6) is 0 Å². The number of thiocarbonyl (C=S) groups is 1. The fourth-order valence-corrected chi connectivity index (χ4v) is 2.42. The van der Waals surface area contributed by atoms with Gasteiger partial charge in [0.15, 0.2) is 10.9 Å². The summed E-state index contributed by atoms with van der Waals surface area (Å²) in [5, 5.41) is 18.7. The summed E-state index contributed by atoms with van der Waals surface area (Å²) in [6.45, 7) is 0. The molecular formula is C15H11Cl3N3O4S-. The predicted octanol–water partition coefficient (Wildman–Crippen LogP) is 2.06. The summed E-state index contributed by atoms with van der Waals surface area (Å²) < 4.78 is 2.99. The quantitative estimate of drug-likeness (QED) is 0.375. The molecule has 26 heavy (non-hydrogen) atoms. The minimum absolute atomic E-state index is 0.00669. The second-order valence-electron chi connectivity index (χ2n) is 4.86. The first-order valence-electron chi connectivity index (χ1n) is 6.97. The van der Waals surface area contributed by atoms with E-state index in [2.05, 4.69) is 16.0 Å². The van der Waals surface area contributed by atoms with Gasteiger partial charge >= 0.3 is 0 Å². The molecule has 0 bridgehead atoms. The largest absolute Gasteiger partial charge is 0.545 e. The van der Waals surface area contributed by atoms with Crippen molar-refractivity contribution in [1.29, 1.82) is 0 Å². The van der Waals surface area contributed by atoms with Crippen molar-refractivity contribution in [2.24, 2.45) is 0 Å². The number of alkyl halides is 3. The first-order valence-corrected chi connectivity index (χ1v) is 8.51. The van der Waals surface area contributed by atoms with Gasteiger partial charge in [-0.3, -0.25) is 4.79 Å². The van der Waals surface area contributed by atoms with Crippen LogP contribution in [0.3, 0.4) is 0 Å². The van der Waals surface area contributed by atoms with Crippen LogP contribution < -0.4 is 21.1 Å². The molecule has 1 atom stereocenters. The molecule has 0 saturated heterocycles. The molecule has 0 aliphatic heterocycles. The molecule has 11 heteroatoms. The maximum absolute atomic E-state index is 12.1. The lowest BCUT2D eigenvalue weighted by molar-refractivity contribution is -0.254. The molecule has 1 aromatic carbocycles. The second kappa shape index (κ2) is 8.59. The Morgan fingerprint density at radius 3 is 2.38 bits per heavy atom. The zero-order chi connectivity index (χ0) is 19.3. The fourth-order valence-electron chi connectivity index (χ4n) is 1.87. The van der Waals surface area contributed by atoms with Crippen LogP contribution in [0, 0.1) is 0 Å². The van der Waals surface area contributed by atoms with Crippen molar-refractivity contribution in [3.63, 3.8) is 0 Å². The van der Waals surface area contributed by atoms with E-state index in [1.165, 1.54) is 36.6 Å². The predicted molar refractivity (Wildman–Crippen MR) is 100 cm³/mol. The van der Waals surface area contributed by atoms with Crippen LogP contribution in [0.1, 0.15) is 20.9 Å². The minimum atomic E-state index is -1.97. The number of carbonyl (C=O) groups is 2. The van der Waals surface area contributed by atoms with Gasteiger partial charge in [0.2, 0.25) is 3.79 Å². The van der Waals surface area contributed by atoms with Crippen LogP contribution in [0.15, 0.2) is 47.1 Å². The number of halogens is 3. The summed E-state index contributed by atoms with van der Waals surface area (Å²) in [5.41, 5.74) is 0.0622. The van der Waals surface area contributed by atoms with E-state index < -0.39 is 21.8 Å². The third kappa shape index (κ3) is 5.50. The maximum atomic E-state index is 12.1. The highest BCUT2D eigenvalue weighted by atomic mass is 35.6. The van der Waals surface area contributed by atoms with E-state index in [4.69, 9.17) is 51.4 Å².